The van der Waals surface area contributed by atoms with Crippen LogP contribution in [0.4, 0.5) is 5.69 Å². The van der Waals surface area contributed by atoms with E-state index in [4.69, 9.17) is 11.5 Å². The largest absolute Gasteiger partial charge is 0.478 e. The minimum atomic E-state index is -0.956. The summed E-state index contributed by atoms with van der Waals surface area (Å²) in [4.78, 5) is 10.9. The predicted octanol–water partition coefficient (Wildman–Crippen LogP) is 3.36. The number of aromatic carboxylic acids is 1. The van der Waals surface area contributed by atoms with Crippen LogP contribution >= 0.6 is 15.9 Å². The van der Waals surface area contributed by atoms with Gasteiger partial charge in [-0.1, -0.05) is 35.2 Å². The third kappa shape index (κ3) is 4.12. The average Bonchev–Trinajstić information content (AvgIpc) is 2.27. The Morgan fingerprint density at radius 2 is 2.29 bits per heavy atom. The first-order chi connectivity index (χ1) is 8.06. The van der Waals surface area contributed by atoms with E-state index in [1.807, 2.05) is 6.07 Å². The molecule has 0 spiro atoms. The van der Waals surface area contributed by atoms with Gasteiger partial charge < -0.3 is 10.4 Å². The van der Waals surface area contributed by atoms with E-state index in [2.05, 4.69) is 34.1 Å². The zero-order chi connectivity index (χ0) is 12.8. The van der Waals surface area contributed by atoms with Gasteiger partial charge in [-0.05, 0) is 24.6 Å². The lowest BCUT2D eigenvalue weighted by atomic mass is 10.1. The van der Waals surface area contributed by atoms with E-state index < -0.39 is 5.97 Å². The molecule has 4 heteroatoms. The SMILES string of the molecule is C#CC(CCC)Nc1cc(Br)cc(C(=O)O)c1. The number of halogens is 1. The van der Waals surface area contributed by atoms with Crippen LogP contribution in [0.15, 0.2) is 22.7 Å². The maximum atomic E-state index is 10.9. The van der Waals surface area contributed by atoms with Crippen molar-refractivity contribution in [1.82, 2.24) is 0 Å². The fraction of sp³-hybridized carbons (Fsp3) is 0.308. The van der Waals surface area contributed by atoms with Crippen molar-refractivity contribution in [3.8, 4) is 12.3 Å². The molecule has 1 aromatic rings. The highest BCUT2D eigenvalue weighted by atomic mass is 79.9. The van der Waals surface area contributed by atoms with Gasteiger partial charge >= 0.3 is 5.97 Å². The van der Waals surface area contributed by atoms with E-state index in [1.165, 1.54) is 0 Å². The predicted molar refractivity (Wildman–Crippen MR) is 72.3 cm³/mol. The van der Waals surface area contributed by atoms with Crippen LogP contribution in [0.2, 0.25) is 0 Å². The molecule has 0 aliphatic heterocycles. The molecule has 0 saturated carbocycles. The first kappa shape index (κ1) is 13.6. The lowest BCUT2D eigenvalue weighted by Crippen LogP contribution is -2.17. The number of hydrogen-bond acceptors (Lipinski definition) is 2. The maximum absolute atomic E-state index is 10.9. The number of rotatable bonds is 5. The smallest absolute Gasteiger partial charge is 0.335 e. The maximum Gasteiger partial charge on any atom is 0.335 e. The Morgan fingerprint density at radius 3 is 2.82 bits per heavy atom. The number of anilines is 1. The van der Waals surface area contributed by atoms with Gasteiger partial charge in [0.25, 0.3) is 0 Å². The second-order valence-corrected chi connectivity index (χ2v) is 4.60. The number of hydrogen-bond donors (Lipinski definition) is 2. The van der Waals surface area contributed by atoms with E-state index in [0.29, 0.717) is 10.2 Å². The van der Waals surface area contributed by atoms with Crippen LogP contribution in [0, 0.1) is 12.3 Å². The Kier molecular flexibility index (Phi) is 5.05. The van der Waals surface area contributed by atoms with E-state index in [0.717, 1.165) is 12.8 Å². The fourth-order valence-corrected chi connectivity index (χ4v) is 1.98. The third-order valence-electron chi connectivity index (χ3n) is 2.26. The molecule has 0 heterocycles. The first-order valence-corrected chi connectivity index (χ1v) is 6.12. The summed E-state index contributed by atoms with van der Waals surface area (Å²) in [7, 11) is 0. The quantitative estimate of drug-likeness (QED) is 0.819. The number of carbonyl (C=O) groups is 1. The molecule has 90 valence electrons. The molecular formula is C13H14BrNO2. The molecule has 0 saturated heterocycles. The van der Waals surface area contributed by atoms with Crippen LogP contribution in [-0.2, 0) is 0 Å². The number of nitrogens with one attached hydrogen (secondary N) is 1. The molecule has 2 N–H and O–H groups in total. The zero-order valence-corrected chi connectivity index (χ0v) is 11.1. The lowest BCUT2D eigenvalue weighted by Gasteiger charge is -2.14. The molecule has 0 aliphatic carbocycles. The van der Waals surface area contributed by atoms with Crippen molar-refractivity contribution in [2.75, 3.05) is 5.32 Å². The van der Waals surface area contributed by atoms with Crippen molar-refractivity contribution in [1.29, 1.82) is 0 Å². The van der Waals surface area contributed by atoms with Crippen LogP contribution in [0.1, 0.15) is 30.1 Å². The van der Waals surface area contributed by atoms with Crippen molar-refractivity contribution in [3.63, 3.8) is 0 Å². The number of terminal acetylenes is 1. The highest BCUT2D eigenvalue weighted by molar-refractivity contribution is 9.10. The van der Waals surface area contributed by atoms with Gasteiger partial charge in [-0.15, -0.1) is 6.42 Å². The molecule has 0 aliphatic rings. The van der Waals surface area contributed by atoms with Crippen LogP contribution < -0.4 is 5.32 Å². The van der Waals surface area contributed by atoms with Crippen LogP contribution in [0.3, 0.4) is 0 Å². The van der Waals surface area contributed by atoms with Gasteiger partial charge in [-0.25, -0.2) is 4.79 Å². The number of carboxylic acids is 1. The van der Waals surface area contributed by atoms with Crippen molar-refractivity contribution in [3.05, 3.63) is 28.2 Å². The van der Waals surface area contributed by atoms with E-state index in [-0.39, 0.29) is 11.6 Å². The van der Waals surface area contributed by atoms with Crippen molar-refractivity contribution in [2.45, 2.75) is 25.8 Å². The minimum absolute atomic E-state index is 0.0732. The summed E-state index contributed by atoms with van der Waals surface area (Å²) in [5.74, 6) is 1.69. The van der Waals surface area contributed by atoms with Gasteiger partial charge in [0.05, 0.1) is 11.6 Å². The highest BCUT2D eigenvalue weighted by Gasteiger charge is 2.08. The second kappa shape index (κ2) is 6.31. The Labute approximate surface area is 109 Å². The molecule has 0 amide bonds. The summed E-state index contributed by atoms with van der Waals surface area (Å²) in [6.45, 7) is 2.05. The van der Waals surface area contributed by atoms with Gasteiger partial charge in [0.2, 0.25) is 0 Å². The molecule has 1 aromatic carbocycles. The Morgan fingerprint density at radius 1 is 1.59 bits per heavy atom. The van der Waals surface area contributed by atoms with Crippen LogP contribution in [0.25, 0.3) is 0 Å². The van der Waals surface area contributed by atoms with E-state index in [1.54, 1.807) is 12.1 Å². The monoisotopic (exact) mass is 295 g/mol. The molecule has 0 aromatic heterocycles. The standard InChI is InChI=1S/C13H14BrNO2/c1-3-5-11(4-2)15-12-7-9(13(16)17)6-10(14)8-12/h2,6-8,11,15H,3,5H2,1H3,(H,16,17). The van der Waals surface area contributed by atoms with Gasteiger partial charge in [0.15, 0.2) is 0 Å². The lowest BCUT2D eigenvalue weighted by molar-refractivity contribution is 0.0697. The summed E-state index contributed by atoms with van der Waals surface area (Å²) in [6, 6.07) is 4.87. The number of benzene rings is 1. The van der Waals surface area contributed by atoms with Gasteiger partial charge in [-0.3, -0.25) is 0 Å². The van der Waals surface area contributed by atoms with Gasteiger partial charge in [0, 0.05) is 10.2 Å². The fourth-order valence-electron chi connectivity index (χ4n) is 1.48. The molecule has 0 radical (unpaired) electrons. The summed E-state index contributed by atoms with van der Waals surface area (Å²) in [5, 5.41) is 12.1. The molecule has 0 bridgehead atoms. The Bertz CT molecular complexity index is 451. The third-order valence-corrected chi connectivity index (χ3v) is 2.72. The van der Waals surface area contributed by atoms with Crippen molar-refractivity contribution < 1.29 is 9.90 Å². The summed E-state index contributed by atoms with van der Waals surface area (Å²) in [6.07, 6.45) is 7.23. The first-order valence-electron chi connectivity index (χ1n) is 5.33. The molecule has 17 heavy (non-hydrogen) atoms. The van der Waals surface area contributed by atoms with E-state index >= 15 is 0 Å². The topological polar surface area (TPSA) is 49.3 Å². The molecule has 1 unspecified atom stereocenters. The summed E-state index contributed by atoms with van der Waals surface area (Å²) in [5.41, 5.74) is 0.947. The average molecular weight is 296 g/mol. The Balaban J connectivity index is 2.91. The van der Waals surface area contributed by atoms with Crippen molar-refractivity contribution >= 4 is 27.6 Å². The Hall–Kier alpha value is -1.47. The normalized spacial score (nSPS) is 11.6. The molecule has 1 atom stereocenters. The van der Waals surface area contributed by atoms with Gasteiger partial charge in [0.1, 0.15) is 0 Å². The van der Waals surface area contributed by atoms with E-state index in [9.17, 15) is 4.79 Å². The van der Waals surface area contributed by atoms with Crippen LogP contribution in [-0.4, -0.2) is 17.1 Å². The zero-order valence-electron chi connectivity index (χ0n) is 9.53. The molecular weight excluding hydrogens is 282 g/mol. The summed E-state index contributed by atoms with van der Waals surface area (Å²) < 4.78 is 0.715. The number of carboxylic acid groups (broad SMARTS) is 1. The molecule has 3 nitrogen and oxygen atoms in total. The summed E-state index contributed by atoms with van der Waals surface area (Å²) >= 11 is 3.28. The molecule has 1 rings (SSSR count). The van der Waals surface area contributed by atoms with Crippen molar-refractivity contribution in [2.24, 2.45) is 0 Å². The molecule has 0 fully saturated rings. The van der Waals surface area contributed by atoms with Crippen LogP contribution in [0.5, 0.6) is 0 Å². The second-order valence-electron chi connectivity index (χ2n) is 3.69. The van der Waals surface area contributed by atoms with Gasteiger partial charge in [-0.2, -0.15) is 0 Å². The minimum Gasteiger partial charge on any atom is -0.478 e. The highest BCUT2D eigenvalue weighted by Crippen LogP contribution is 2.21.